The summed E-state index contributed by atoms with van der Waals surface area (Å²) in [7, 11) is 0. The number of ether oxygens (including phenoxy) is 2. The third kappa shape index (κ3) is 5.05. The van der Waals surface area contributed by atoms with Gasteiger partial charge >= 0.3 is 0 Å². The van der Waals surface area contributed by atoms with Crippen molar-refractivity contribution in [2.75, 3.05) is 13.2 Å². The van der Waals surface area contributed by atoms with Gasteiger partial charge in [-0.15, -0.1) is 0 Å². The van der Waals surface area contributed by atoms with Gasteiger partial charge in [0.15, 0.2) is 17.9 Å². The molecule has 0 unspecified atom stereocenters. The van der Waals surface area contributed by atoms with Crippen molar-refractivity contribution < 1.29 is 22.6 Å². The van der Waals surface area contributed by atoms with E-state index >= 15 is 0 Å². The standard InChI is InChI=1S/C28H27F3O2/c1-3-5-20-11-14-24(28(31)27(20)30)19-9-7-18(8-10-19)23-13-12-21(15-25(23)29)22-16-32-26(6-4-2)33-17-22/h4,6-15,22,26H,3,5,16-17H2,1-2H3/b6-4+. The summed E-state index contributed by atoms with van der Waals surface area (Å²) < 4.78 is 55.2. The highest BCUT2D eigenvalue weighted by atomic mass is 19.2. The largest absolute Gasteiger partial charge is 0.348 e. The molecule has 0 saturated carbocycles. The molecule has 172 valence electrons. The Morgan fingerprint density at radius 1 is 0.848 bits per heavy atom. The molecular formula is C28H27F3O2. The van der Waals surface area contributed by atoms with E-state index in [-0.39, 0.29) is 23.6 Å². The smallest absolute Gasteiger partial charge is 0.176 e. The van der Waals surface area contributed by atoms with Gasteiger partial charge < -0.3 is 9.47 Å². The van der Waals surface area contributed by atoms with Crippen LogP contribution < -0.4 is 0 Å². The van der Waals surface area contributed by atoms with Gasteiger partial charge in [-0.3, -0.25) is 0 Å². The molecule has 0 N–H and O–H groups in total. The molecule has 1 heterocycles. The van der Waals surface area contributed by atoms with Crippen molar-refractivity contribution in [3.63, 3.8) is 0 Å². The molecule has 1 aliphatic heterocycles. The molecule has 3 aromatic rings. The second kappa shape index (κ2) is 10.4. The van der Waals surface area contributed by atoms with Crippen molar-refractivity contribution in [2.24, 2.45) is 0 Å². The molecule has 0 amide bonds. The zero-order chi connectivity index (χ0) is 23.4. The highest BCUT2D eigenvalue weighted by Gasteiger charge is 2.23. The molecule has 2 nitrogen and oxygen atoms in total. The molecule has 0 bridgehead atoms. The van der Waals surface area contributed by atoms with Gasteiger partial charge in [-0.25, -0.2) is 13.2 Å². The molecule has 1 saturated heterocycles. The average Bonchev–Trinajstić information content (AvgIpc) is 2.83. The molecule has 0 spiro atoms. The Morgan fingerprint density at radius 3 is 2.09 bits per heavy atom. The van der Waals surface area contributed by atoms with Gasteiger partial charge in [0.25, 0.3) is 0 Å². The number of allylic oxidation sites excluding steroid dienone is 1. The first-order valence-electron chi connectivity index (χ1n) is 11.2. The highest BCUT2D eigenvalue weighted by Crippen LogP contribution is 2.32. The van der Waals surface area contributed by atoms with Crippen molar-refractivity contribution in [1.29, 1.82) is 0 Å². The Labute approximate surface area is 192 Å². The molecule has 0 radical (unpaired) electrons. The third-order valence-corrected chi connectivity index (χ3v) is 5.93. The van der Waals surface area contributed by atoms with Crippen LogP contribution in [0.15, 0.2) is 66.7 Å². The number of aryl methyl sites for hydroxylation is 1. The van der Waals surface area contributed by atoms with Crippen LogP contribution in [0.3, 0.4) is 0 Å². The lowest BCUT2D eigenvalue weighted by molar-refractivity contribution is -0.159. The van der Waals surface area contributed by atoms with E-state index < -0.39 is 11.6 Å². The molecule has 0 atom stereocenters. The van der Waals surface area contributed by atoms with Gasteiger partial charge in [0, 0.05) is 17.0 Å². The minimum atomic E-state index is -0.849. The number of hydrogen-bond donors (Lipinski definition) is 0. The Morgan fingerprint density at radius 2 is 1.48 bits per heavy atom. The predicted octanol–water partition coefficient (Wildman–Crippen LogP) is 7.42. The number of halogens is 3. The van der Waals surface area contributed by atoms with Crippen LogP contribution >= 0.6 is 0 Å². The Bertz CT molecular complexity index is 1130. The van der Waals surface area contributed by atoms with Gasteiger partial charge in [0.1, 0.15) is 5.82 Å². The second-order valence-electron chi connectivity index (χ2n) is 8.22. The van der Waals surface area contributed by atoms with Gasteiger partial charge in [-0.1, -0.05) is 68.0 Å². The Balaban J connectivity index is 1.52. The molecule has 1 fully saturated rings. The minimum absolute atomic E-state index is 0.0361. The van der Waals surface area contributed by atoms with Gasteiger partial charge in [0.2, 0.25) is 0 Å². The zero-order valence-electron chi connectivity index (χ0n) is 18.8. The Kier molecular flexibility index (Phi) is 7.31. The van der Waals surface area contributed by atoms with Crippen LogP contribution in [0.2, 0.25) is 0 Å². The first kappa shape index (κ1) is 23.3. The van der Waals surface area contributed by atoms with Crippen molar-refractivity contribution in [3.05, 3.63) is 95.3 Å². The molecule has 1 aliphatic rings. The summed E-state index contributed by atoms with van der Waals surface area (Å²) in [4.78, 5) is 0. The normalized spacial score (nSPS) is 18.7. The van der Waals surface area contributed by atoms with Crippen LogP contribution in [0.4, 0.5) is 13.2 Å². The molecule has 0 aliphatic carbocycles. The minimum Gasteiger partial charge on any atom is -0.348 e. The van der Waals surface area contributed by atoms with E-state index in [1.54, 1.807) is 42.5 Å². The molecule has 5 heteroatoms. The van der Waals surface area contributed by atoms with E-state index in [9.17, 15) is 13.2 Å². The molecule has 3 aromatic carbocycles. The van der Waals surface area contributed by atoms with Crippen molar-refractivity contribution >= 4 is 0 Å². The van der Waals surface area contributed by atoms with Crippen molar-refractivity contribution in [2.45, 2.75) is 38.9 Å². The molecule has 0 aromatic heterocycles. The average molecular weight is 453 g/mol. The monoisotopic (exact) mass is 452 g/mol. The zero-order valence-corrected chi connectivity index (χ0v) is 18.8. The fraction of sp³-hybridized carbons (Fsp3) is 0.286. The van der Waals surface area contributed by atoms with Crippen LogP contribution in [-0.2, 0) is 15.9 Å². The molecule has 4 rings (SSSR count). The highest BCUT2D eigenvalue weighted by molar-refractivity contribution is 5.71. The maximum absolute atomic E-state index is 14.9. The topological polar surface area (TPSA) is 18.5 Å². The maximum atomic E-state index is 14.9. The first-order chi connectivity index (χ1) is 16.0. The van der Waals surface area contributed by atoms with Crippen LogP contribution in [0.5, 0.6) is 0 Å². The SMILES string of the molecule is C/C=C/C1OCC(c2ccc(-c3ccc(-c4ccc(CCC)c(F)c4F)cc3)c(F)c2)CO1. The summed E-state index contributed by atoms with van der Waals surface area (Å²) in [5.74, 6) is -2.03. The van der Waals surface area contributed by atoms with Gasteiger partial charge in [-0.2, -0.15) is 0 Å². The van der Waals surface area contributed by atoms with E-state index in [4.69, 9.17) is 9.47 Å². The summed E-state index contributed by atoms with van der Waals surface area (Å²) in [5.41, 5.74) is 3.04. The summed E-state index contributed by atoms with van der Waals surface area (Å²) >= 11 is 0. The van der Waals surface area contributed by atoms with Crippen LogP contribution in [-0.4, -0.2) is 19.5 Å². The summed E-state index contributed by atoms with van der Waals surface area (Å²) in [6.45, 7) is 4.74. The van der Waals surface area contributed by atoms with E-state index in [0.29, 0.717) is 41.9 Å². The third-order valence-electron chi connectivity index (χ3n) is 5.93. The van der Waals surface area contributed by atoms with E-state index in [0.717, 1.165) is 12.0 Å². The predicted molar refractivity (Wildman–Crippen MR) is 124 cm³/mol. The van der Waals surface area contributed by atoms with Gasteiger partial charge in [-0.05, 0) is 47.7 Å². The van der Waals surface area contributed by atoms with Crippen LogP contribution in [0.25, 0.3) is 22.3 Å². The first-order valence-corrected chi connectivity index (χ1v) is 11.2. The fourth-order valence-corrected chi connectivity index (χ4v) is 4.10. The van der Waals surface area contributed by atoms with E-state index in [1.165, 1.54) is 6.07 Å². The number of rotatable bonds is 6. The molecular weight excluding hydrogens is 425 g/mol. The summed E-state index contributed by atoms with van der Waals surface area (Å²) in [5, 5.41) is 0. The fourth-order valence-electron chi connectivity index (χ4n) is 4.10. The quantitative estimate of drug-likeness (QED) is 0.362. The van der Waals surface area contributed by atoms with Crippen molar-refractivity contribution in [1.82, 2.24) is 0 Å². The summed E-state index contributed by atoms with van der Waals surface area (Å²) in [6.07, 6.45) is 4.59. The number of benzene rings is 3. The summed E-state index contributed by atoms with van der Waals surface area (Å²) in [6, 6.07) is 15.2. The lowest BCUT2D eigenvalue weighted by Gasteiger charge is -2.28. The Hall–Kier alpha value is -2.89. The second-order valence-corrected chi connectivity index (χ2v) is 8.22. The van der Waals surface area contributed by atoms with E-state index in [1.807, 2.05) is 32.1 Å². The van der Waals surface area contributed by atoms with Crippen LogP contribution in [0, 0.1) is 17.5 Å². The van der Waals surface area contributed by atoms with Crippen molar-refractivity contribution in [3.8, 4) is 22.3 Å². The van der Waals surface area contributed by atoms with Crippen LogP contribution in [0.1, 0.15) is 37.3 Å². The number of hydrogen-bond acceptors (Lipinski definition) is 2. The lowest BCUT2D eigenvalue weighted by Crippen LogP contribution is -2.29. The van der Waals surface area contributed by atoms with Gasteiger partial charge in [0.05, 0.1) is 13.2 Å². The molecule has 33 heavy (non-hydrogen) atoms. The van der Waals surface area contributed by atoms with E-state index in [2.05, 4.69) is 0 Å². The lowest BCUT2D eigenvalue weighted by atomic mass is 9.95. The maximum Gasteiger partial charge on any atom is 0.176 e.